The number of anilines is 1. The van der Waals surface area contributed by atoms with Gasteiger partial charge in [-0.1, -0.05) is 54.1 Å². The highest BCUT2D eigenvalue weighted by atomic mass is 35.5. The Balaban J connectivity index is 1.63. The first kappa shape index (κ1) is 21.2. The highest BCUT2D eigenvalue weighted by molar-refractivity contribution is 8.00. The fourth-order valence-corrected chi connectivity index (χ4v) is 4.59. The Hall–Kier alpha value is -3.00. The molecule has 2 heterocycles. The Bertz CT molecular complexity index is 1180. The third kappa shape index (κ3) is 5.58. The number of pyridine rings is 1. The maximum Gasteiger partial charge on any atom is 0.244 e. The summed E-state index contributed by atoms with van der Waals surface area (Å²) in [4.78, 5) is 26.8. The summed E-state index contributed by atoms with van der Waals surface area (Å²) < 4.78 is 0. The standard InChI is InChI=1S/C23H17ClN4OS2/c24-21-17(9-6-12-25-21)15-27-18-10-4-5-11-19(18)31-20(16-7-2-1-3-8-16)22(29)28-23-26-13-14-30-23/h1-15,20H,(H,26,28,29)/t20-/m1/s1. The molecule has 0 spiro atoms. The van der Waals surface area contributed by atoms with Gasteiger partial charge < -0.3 is 5.32 Å². The molecule has 0 aliphatic rings. The number of para-hydroxylation sites is 1. The summed E-state index contributed by atoms with van der Waals surface area (Å²) in [5, 5.41) is 5.23. The molecule has 31 heavy (non-hydrogen) atoms. The third-order valence-electron chi connectivity index (χ3n) is 4.24. The van der Waals surface area contributed by atoms with Crippen molar-refractivity contribution >= 4 is 57.6 Å². The van der Waals surface area contributed by atoms with E-state index in [9.17, 15) is 4.79 Å². The number of nitrogens with zero attached hydrogens (tertiary/aromatic N) is 3. The van der Waals surface area contributed by atoms with Crippen LogP contribution in [0.4, 0.5) is 10.8 Å². The molecule has 0 aliphatic heterocycles. The van der Waals surface area contributed by atoms with Gasteiger partial charge in [-0.25, -0.2) is 9.97 Å². The summed E-state index contributed by atoms with van der Waals surface area (Å²) in [6.07, 6.45) is 4.98. The van der Waals surface area contributed by atoms with E-state index in [2.05, 4.69) is 20.3 Å². The van der Waals surface area contributed by atoms with E-state index in [0.29, 0.717) is 10.3 Å². The SMILES string of the molecule is O=C(Nc1nccs1)[C@H](Sc1ccccc1N=Cc1cccnc1Cl)c1ccccc1. The number of carbonyl (C=O) groups excluding carboxylic acids is 1. The molecule has 0 saturated carbocycles. The van der Waals surface area contributed by atoms with E-state index in [4.69, 9.17) is 11.6 Å². The van der Waals surface area contributed by atoms with Gasteiger partial charge in [-0.2, -0.15) is 0 Å². The topological polar surface area (TPSA) is 67.2 Å². The monoisotopic (exact) mass is 464 g/mol. The van der Waals surface area contributed by atoms with Gasteiger partial charge in [0.05, 0.1) is 5.69 Å². The number of hydrogen-bond acceptors (Lipinski definition) is 6. The van der Waals surface area contributed by atoms with Gasteiger partial charge in [0.1, 0.15) is 10.4 Å². The second-order valence-electron chi connectivity index (χ2n) is 6.34. The van der Waals surface area contributed by atoms with Gasteiger partial charge in [-0.15, -0.1) is 23.1 Å². The number of aromatic nitrogens is 2. The van der Waals surface area contributed by atoms with Crippen LogP contribution in [0.15, 0.2) is 94.4 Å². The number of nitrogens with one attached hydrogen (secondary N) is 1. The van der Waals surface area contributed by atoms with Crippen LogP contribution in [0.3, 0.4) is 0 Å². The first-order chi connectivity index (χ1) is 15.2. The van der Waals surface area contributed by atoms with E-state index in [1.54, 1.807) is 18.6 Å². The van der Waals surface area contributed by atoms with Gasteiger partial charge in [0.15, 0.2) is 5.13 Å². The lowest BCUT2D eigenvalue weighted by atomic mass is 10.1. The molecule has 0 aliphatic carbocycles. The van der Waals surface area contributed by atoms with Crippen LogP contribution < -0.4 is 5.32 Å². The Morgan fingerprint density at radius 1 is 1.03 bits per heavy atom. The summed E-state index contributed by atoms with van der Waals surface area (Å²) in [5.41, 5.74) is 2.37. The third-order valence-corrected chi connectivity index (χ3v) is 6.57. The lowest BCUT2D eigenvalue weighted by molar-refractivity contribution is -0.115. The second-order valence-corrected chi connectivity index (χ2v) is 8.74. The molecule has 0 fully saturated rings. The van der Waals surface area contributed by atoms with Crippen molar-refractivity contribution in [2.24, 2.45) is 4.99 Å². The number of aliphatic imine (C=N–C) groups is 1. The average molecular weight is 465 g/mol. The first-order valence-corrected chi connectivity index (χ1v) is 11.5. The van der Waals surface area contributed by atoms with Crippen molar-refractivity contribution in [3.8, 4) is 0 Å². The van der Waals surface area contributed by atoms with Crippen LogP contribution in [0.25, 0.3) is 0 Å². The minimum Gasteiger partial charge on any atom is -0.301 e. The van der Waals surface area contributed by atoms with E-state index in [0.717, 1.165) is 21.7 Å². The normalized spacial score (nSPS) is 12.0. The van der Waals surface area contributed by atoms with Crippen LogP contribution in [0, 0.1) is 0 Å². The number of thiazole rings is 1. The molecule has 1 amide bonds. The summed E-state index contributed by atoms with van der Waals surface area (Å²) in [6, 6.07) is 21.0. The van der Waals surface area contributed by atoms with Gasteiger partial charge >= 0.3 is 0 Å². The number of hydrogen-bond donors (Lipinski definition) is 1. The fourth-order valence-electron chi connectivity index (χ4n) is 2.78. The van der Waals surface area contributed by atoms with Crippen LogP contribution in [0.1, 0.15) is 16.4 Å². The predicted molar refractivity (Wildman–Crippen MR) is 129 cm³/mol. The molecule has 2 aromatic carbocycles. The molecule has 4 rings (SSSR count). The Morgan fingerprint density at radius 2 is 1.84 bits per heavy atom. The van der Waals surface area contributed by atoms with Crippen molar-refractivity contribution < 1.29 is 4.79 Å². The zero-order chi connectivity index (χ0) is 21.5. The molecule has 2 aromatic heterocycles. The van der Waals surface area contributed by atoms with Crippen molar-refractivity contribution in [2.45, 2.75) is 10.1 Å². The fraction of sp³-hybridized carbons (Fsp3) is 0.0435. The molecule has 0 unspecified atom stereocenters. The molecule has 1 atom stereocenters. The first-order valence-electron chi connectivity index (χ1n) is 9.36. The molecule has 0 bridgehead atoms. The van der Waals surface area contributed by atoms with Crippen molar-refractivity contribution in [1.29, 1.82) is 0 Å². The number of carbonyl (C=O) groups is 1. The molecule has 8 heteroatoms. The molecule has 154 valence electrons. The molecule has 1 N–H and O–H groups in total. The maximum atomic E-state index is 13.1. The van der Waals surface area contributed by atoms with Gasteiger partial charge in [0.25, 0.3) is 0 Å². The van der Waals surface area contributed by atoms with E-state index < -0.39 is 5.25 Å². The highest BCUT2D eigenvalue weighted by Gasteiger charge is 2.23. The minimum absolute atomic E-state index is 0.139. The lowest BCUT2D eigenvalue weighted by Crippen LogP contribution is -2.18. The quantitative estimate of drug-likeness (QED) is 0.195. The summed E-state index contributed by atoms with van der Waals surface area (Å²) in [5.74, 6) is -0.139. The zero-order valence-electron chi connectivity index (χ0n) is 16.2. The molecule has 0 radical (unpaired) electrons. The largest absolute Gasteiger partial charge is 0.301 e. The molecule has 5 nitrogen and oxygen atoms in total. The Labute approximate surface area is 193 Å². The van der Waals surface area contributed by atoms with Crippen molar-refractivity contribution in [3.63, 3.8) is 0 Å². The van der Waals surface area contributed by atoms with Gasteiger partial charge in [-0.3, -0.25) is 9.79 Å². The van der Waals surface area contributed by atoms with E-state index in [-0.39, 0.29) is 5.91 Å². The second kappa shape index (κ2) is 10.3. The van der Waals surface area contributed by atoms with E-state index in [1.165, 1.54) is 23.1 Å². The van der Waals surface area contributed by atoms with Crippen molar-refractivity contribution in [3.05, 3.63) is 101 Å². The maximum absolute atomic E-state index is 13.1. The Morgan fingerprint density at radius 3 is 2.61 bits per heavy atom. The van der Waals surface area contributed by atoms with Crippen LogP contribution >= 0.6 is 34.7 Å². The van der Waals surface area contributed by atoms with Crippen molar-refractivity contribution in [2.75, 3.05) is 5.32 Å². The van der Waals surface area contributed by atoms with Gasteiger partial charge in [0, 0.05) is 34.4 Å². The predicted octanol–water partition coefficient (Wildman–Crippen LogP) is 6.41. The van der Waals surface area contributed by atoms with E-state index >= 15 is 0 Å². The number of thioether (sulfide) groups is 1. The van der Waals surface area contributed by atoms with Gasteiger partial charge in [0.2, 0.25) is 5.91 Å². The molecular weight excluding hydrogens is 448 g/mol. The minimum atomic E-state index is -0.469. The summed E-state index contributed by atoms with van der Waals surface area (Å²) >= 11 is 8.96. The summed E-state index contributed by atoms with van der Waals surface area (Å²) in [6.45, 7) is 0. The molecular formula is C23H17ClN4OS2. The van der Waals surface area contributed by atoms with Crippen LogP contribution in [0.5, 0.6) is 0 Å². The average Bonchev–Trinajstić information content (AvgIpc) is 3.31. The highest BCUT2D eigenvalue weighted by Crippen LogP contribution is 2.40. The van der Waals surface area contributed by atoms with E-state index in [1.807, 2.05) is 72.1 Å². The van der Waals surface area contributed by atoms with Crippen LogP contribution in [-0.4, -0.2) is 22.1 Å². The zero-order valence-corrected chi connectivity index (χ0v) is 18.6. The van der Waals surface area contributed by atoms with Crippen molar-refractivity contribution in [1.82, 2.24) is 9.97 Å². The van der Waals surface area contributed by atoms with Crippen LogP contribution in [0.2, 0.25) is 5.15 Å². The number of rotatable bonds is 7. The molecule has 0 saturated heterocycles. The number of halogens is 1. The number of benzene rings is 2. The van der Waals surface area contributed by atoms with Crippen LogP contribution in [-0.2, 0) is 4.79 Å². The smallest absolute Gasteiger partial charge is 0.244 e. The Kier molecular flexibility index (Phi) is 7.09. The molecule has 4 aromatic rings. The van der Waals surface area contributed by atoms with Gasteiger partial charge in [-0.05, 0) is 29.8 Å². The summed E-state index contributed by atoms with van der Waals surface area (Å²) in [7, 11) is 0. The number of amides is 1. The lowest BCUT2D eigenvalue weighted by Gasteiger charge is -2.17.